The quantitative estimate of drug-likeness (QED) is 0.716. The van der Waals surface area contributed by atoms with Gasteiger partial charge in [-0.15, -0.1) is 0 Å². The smallest absolute Gasteiger partial charge is 0.126 e. The van der Waals surface area contributed by atoms with Crippen molar-refractivity contribution in [2.45, 2.75) is 12.2 Å². The van der Waals surface area contributed by atoms with Gasteiger partial charge in [-0.25, -0.2) is 0 Å². The fourth-order valence-electron chi connectivity index (χ4n) is 1.27. The zero-order chi connectivity index (χ0) is 11.4. The zero-order valence-corrected chi connectivity index (χ0v) is 8.98. The Kier molecular flexibility index (Phi) is 4.35. The van der Waals surface area contributed by atoms with Crippen LogP contribution in [0.4, 0.5) is 0 Å². The molecule has 0 aromatic heterocycles. The van der Waals surface area contributed by atoms with E-state index in [1.165, 1.54) is 7.11 Å². The van der Waals surface area contributed by atoms with Gasteiger partial charge in [-0.2, -0.15) is 0 Å². The van der Waals surface area contributed by atoms with Crippen molar-refractivity contribution < 1.29 is 20.1 Å². The number of ether oxygens (including phenoxy) is 1. The summed E-state index contributed by atoms with van der Waals surface area (Å²) in [6, 6.07) is 4.87. The molecule has 0 fully saturated rings. The van der Waals surface area contributed by atoms with Crippen LogP contribution in [0.15, 0.2) is 18.2 Å². The second kappa shape index (κ2) is 5.32. The van der Waals surface area contributed by atoms with Gasteiger partial charge in [0.2, 0.25) is 0 Å². The first-order chi connectivity index (χ1) is 7.11. The minimum absolute atomic E-state index is 0.281. The summed E-state index contributed by atoms with van der Waals surface area (Å²) >= 11 is 5.87. The highest BCUT2D eigenvalue weighted by Gasteiger charge is 2.23. The van der Waals surface area contributed by atoms with E-state index in [1.807, 2.05) is 0 Å². The maximum absolute atomic E-state index is 9.71. The fourth-order valence-corrected chi connectivity index (χ4v) is 1.55. The van der Waals surface area contributed by atoms with Crippen molar-refractivity contribution in [1.82, 2.24) is 0 Å². The van der Waals surface area contributed by atoms with E-state index in [0.29, 0.717) is 5.75 Å². The monoisotopic (exact) mass is 232 g/mol. The van der Waals surface area contributed by atoms with Crippen molar-refractivity contribution >= 4 is 11.6 Å². The van der Waals surface area contributed by atoms with Gasteiger partial charge in [-0.05, 0) is 12.1 Å². The lowest BCUT2D eigenvalue weighted by Gasteiger charge is -2.19. The SMILES string of the molecule is COc1cccc(Cl)c1C(O)C(O)CO. The Balaban J connectivity index is 3.10. The van der Waals surface area contributed by atoms with Crippen molar-refractivity contribution in [1.29, 1.82) is 0 Å². The van der Waals surface area contributed by atoms with Crippen LogP contribution in [0.3, 0.4) is 0 Å². The number of aliphatic hydroxyl groups excluding tert-OH is 3. The Morgan fingerprint density at radius 2 is 2.07 bits per heavy atom. The Labute approximate surface area is 92.7 Å². The van der Waals surface area contributed by atoms with Gasteiger partial charge in [0.05, 0.1) is 18.7 Å². The van der Waals surface area contributed by atoms with Gasteiger partial charge in [0.1, 0.15) is 18.0 Å². The molecule has 0 radical (unpaired) electrons. The van der Waals surface area contributed by atoms with Crippen molar-refractivity contribution in [3.63, 3.8) is 0 Å². The van der Waals surface area contributed by atoms with Gasteiger partial charge in [0, 0.05) is 5.56 Å². The Hall–Kier alpha value is -0.810. The van der Waals surface area contributed by atoms with Crippen LogP contribution in [0.25, 0.3) is 0 Å². The predicted octanol–water partition coefficient (Wildman–Crippen LogP) is 0.735. The molecule has 1 aromatic rings. The summed E-state index contributed by atoms with van der Waals surface area (Å²) in [5, 5.41) is 28.0. The topological polar surface area (TPSA) is 69.9 Å². The van der Waals surface area contributed by atoms with E-state index in [2.05, 4.69) is 0 Å². The fraction of sp³-hybridized carbons (Fsp3) is 0.400. The molecule has 1 aromatic carbocycles. The molecule has 84 valence electrons. The number of hydrogen-bond acceptors (Lipinski definition) is 4. The molecule has 4 nitrogen and oxygen atoms in total. The van der Waals surface area contributed by atoms with E-state index in [-0.39, 0.29) is 10.6 Å². The van der Waals surface area contributed by atoms with E-state index in [0.717, 1.165) is 0 Å². The number of aliphatic hydroxyl groups is 3. The molecule has 0 aliphatic heterocycles. The van der Waals surface area contributed by atoms with Gasteiger partial charge in [-0.1, -0.05) is 17.7 Å². The van der Waals surface area contributed by atoms with Crippen LogP contribution >= 0.6 is 11.6 Å². The summed E-state index contributed by atoms with van der Waals surface area (Å²) in [6.45, 7) is -0.546. The number of halogens is 1. The molecule has 1 rings (SSSR count). The molecule has 2 atom stereocenters. The average Bonchev–Trinajstić information content (AvgIpc) is 2.26. The van der Waals surface area contributed by atoms with Crippen molar-refractivity contribution in [3.8, 4) is 5.75 Å². The van der Waals surface area contributed by atoms with Crippen LogP contribution in [0.1, 0.15) is 11.7 Å². The van der Waals surface area contributed by atoms with Crippen molar-refractivity contribution in [3.05, 3.63) is 28.8 Å². The highest BCUT2D eigenvalue weighted by Crippen LogP contribution is 2.33. The molecule has 0 spiro atoms. The third kappa shape index (κ3) is 2.60. The van der Waals surface area contributed by atoms with E-state index >= 15 is 0 Å². The molecule has 0 aliphatic rings. The number of rotatable bonds is 4. The third-order valence-corrected chi connectivity index (χ3v) is 2.41. The highest BCUT2D eigenvalue weighted by atomic mass is 35.5. The van der Waals surface area contributed by atoms with Gasteiger partial charge in [-0.3, -0.25) is 0 Å². The minimum Gasteiger partial charge on any atom is -0.496 e. The first-order valence-electron chi connectivity index (χ1n) is 4.41. The van der Waals surface area contributed by atoms with Gasteiger partial charge in [0.25, 0.3) is 0 Å². The summed E-state index contributed by atoms with van der Waals surface area (Å²) in [7, 11) is 1.44. The first kappa shape index (κ1) is 12.3. The predicted molar refractivity (Wildman–Crippen MR) is 56.1 cm³/mol. The molecule has 15 heavy (non-hydrogen) atoms. The Morgan fingerprint density at radius 3 is 2.60 bits per heavy atom. The van der Waals surface area contributed by atoms with Crippen molar-refractivity contribution in [2.24, 2.45) is 0 Å². The first-order valence-corrected chi connectivity index (χ1v) is 4.79. The normalized spacial score (nSPS) is 14.7. The maximum atomic E-state index is 9.71. The van der Waals surface area contributed by atoms with Crippen molar-refractivity contribution in [2.75, 3.05) is 13.7 Å². The molecule has 0 bridgehead atoms. The van der Waals surface area contributed by atoms with E-state index in [4.69, 9.17) is 21.4 Å². The second-order valence-electron chi connectivity index (χ2n) is 3.05. The minimum atomic E-state index is -1.28. The molecule has 5 heteroatoms. The van der Waals surface area contributed by atoms with Gasteiger partial charge in [0.15, 0.2) is 0 Å². The van der Waals surface area contributed by atoms with Crippen LogP contribution in [0, 0.1) is 0 Å². The van der Waals surface area contributed by atoms with Crippen LogP contribution in [-0.4, -0.2) is 35.1 Å². The summed E-state index contributed by atoms with van der Waals surface area (Å²) < 4.78 is 5.00. The standard InChI is InChI=1S/C10H13ClO4/c1-15-8-4-2-3-6(11)9(8)10(14)7(13)5-12/h2-4,7,10,12-14H,5H2,1H3. The zero-order valence-electron chi connectivity index (χ0n) is 8.22. The Morgan fingerprint density at radius 1 is 1.40 bits per heavy atom. The molecule has 3 N–H and O–H groups in total. The number of hydrogen-bond donors (Lipinski definition) is 3. The highest BCUT2D eigenvalue weighted by molar-refractivity contribution is 6.31. The molecular formula is C10H13ClO4. The third-order valence-electron chi connectivity index (χ3n) is 2.08. The molecule has 0 heterocycles. The van der Waals surface area contributed by atoms with Gasteiger partial charge < -0.3 is 20.1 Å². The summed E-state index contributed by atoms with van der Waals surface area (Å²) in [6.07, 6.45) is -2.54. The average molecular weight is 233 g/mol. The summed E-state index contributed by atoms with van der Waals surface area (Å²) in [5.74, 6) is 0.377. The molecule has 0 saturated heterocycles. The molecule has 0 aliphatic carbocycles. The molecule has 0 amide bonds. The summed E-state index contributed by atoms with van der Waals surface area (Å²) in [4.78, 5) is 0. The van der Waals surface area contributed by atoms with Crippen LogP contribution in [0.2, 0.25) is 5.02 Å². The molecule has 0 saturated carbocycles. The molecular weight excluding hydrogens is 220 g/mol. The van der Waals surface area contributed by atoms with E-state index < -0.39 is 18.8 Å². The Bertz CT molecular complexity index is 329. The largest absolute Gasteiger partial charge is 0.496 e. The van der Waals surface area contributed by atoms with Crippen LogP contribution < -0.4 is 4.74 Å². The molecule has 2 unspecified atom stereocenters. The second-order valence-corrected chi connectivity index (χ2v) is 3.46. The van der Waals surface area contributed by atoms with Gasteiger partial charge >= 0.3 is 0 Å². The maximum Gasteiger partial charge on any atom is 0.126 e. The van der Waals surface area contributed by atoms with E-state index in [1.54, 1.807) is 18.2 Å². The van der Waals surface area contributed by atoms with E-state index in [9.17, 15) is 10.2 Å². The van der Waals surface area contributed by atoms with Crippen LogP contribution in [0.5, 0.6) is 5.75 Å². The van der Waals surface area contributed by atoms with Crippen LogP contribution in [-0.2, 0) is 0 Å². The number of methoxy groups -OCH3 is 1. The lowest BCUT2D eigenvalue weighted by molar-refractivity contribution is -0.0161. The lowest BCUT2D eigenvalue weighted by Crippen LogP contribution is -2.22. The number of benzene rings is 1. The lowest BCUT2D eigenvalue weighted by atomic mass is 10.0. The summed E-state index contributed by atoms with van der Waals surface area (Å²) in [5.41, 5.74) is 0.281.